The largest absolute Gasteiger partial charge is 0.416 e. The van der Waals surface area contributed by atoms with Crippen molar-refractivity contribution >= 4 is 10.9 Å². The minimum Gasteiger partial charge on any atom is -0.384 e. The zero-order chi connectivity index (χ0) is 12.8. The van der Waals surface area contributed by atoms with Gasteiger partial charge in [-0.25, -0.2) is 0 Å². The lowest BCUT2D eigenvalue weighted by Crippen LogP contribution is -2.16. The summed E-state index contributed by atoms with van der Waals surface area (Å²) in [6.07, 6.45) is -4.40. The molecule has 2 N–H and O–H groups in total. The van der Waals surface area contributed by atoms with Gasteiger partial charge in [0.1, 0.15) is 5.60 Å². The smallest absolute Gasteiger partial charge is 0.384 e. The first-order valence-corrected chi connectivity index (χ1v) is 4.98. The van der Waals surface area contributed by atoms with Crippen molar-refractivity contribution < 1.29 is 18.3 Å². The SMILES string of the molecule is CC(C)(O)c1[nH]nc2ccc(C(F)(F)F)cc12. The Labute approximate surface area is 95.3 Å². The van der Waals surface area contributed by atoms with Gasteiger partial charge in [-0.15, -0.1) is 0 Å². The molecule has 0 atom stereocenters. The lowest BCUT2D eigenvalue weighted by Gasteiger charge is -2.15. The van der Waals surface area contributed by atoms with E-state index >= 15 is 0 Å². The Bertz CT molecular complexity index is 552. The molecule has 2 aromatic rings. The maximum absolute atomic E-state index is 12.6. The first-order valence-electron chi connectivity index (χ1n) is 4.98. The van der Waals surface area contributed by atoms with Gasteiger partial charge in [-0.2, -0.15) is 18.3 Å². The number of fused-ring (bicyclic) bond motifs is 1. The lowest BCUT2D eigenvalue weighted by atomic mass is 10.0. The highest BCUT2D eigenvalue weighted by atomic mass is 19.4. The summed E-state index contributed by atoms with van der Waals surface area (Å²) in [5, 5.41) is 16.5. The minimum absolute atomic E-state index is 0.276. The van der Waals surface area contributed by atoms with Crippen molar-refractivity contribution in [2.75, 3.05) is 0 Å². The van der Waals surface area contributed by atoms with E-state index in [1.165, 1.54) is 19.9 Å². The van der Waals surface area contributed by atoms with Crippen molar-refractivity contribution in [1.82, 2.24) is 10.2 Å². The average molecular weight is 244 g/mol. The van der Waals surface area contributed by atoms with Crippen LogP contribution in [0.3, 0.4) is 0 Å². The van der Waals surface area contributed by atoms with E-state index in [9.17, 15) is 18.3 Å². The van der Waals surface area contributed by atoms with Gasteiger partial charge in [-0.3, -0.25) is 5.10 Å². The van der Waals surface area contributed by atoms with Gasteiger partial charge in [-0.1, -0.05) is 0 Å². The average Bonchev–Trinajstić information content (AvgIpc) is 2.57. The molecule has 0 spiro atoms. The van der Waals surface area contributed by atoms with E-state index in [1.54, 1.807) is 0 Å². The molecule has 0 amide bonds. The van der Waals surface area contributed by atoms with Crippen LogP contribution in [0.25, 0.3) is 10.9 Å². The van der Waals surface area contributed by atoms with Crippen molar-refractivity contribution in [2.24, 2.45) is 0 Å². The van der Waals surface area contributed by atoms with Crippen molar-refractivity contribution in [1.29, 1.82) is 0 Å². The molecule has 0 aliphatic carbocycles. The molecule has 2 rings (SSSR count). The van der Waals surface area contributed by atoms with Gasteiger partial charge in [0.15, 0.2) is 0 Å². The Hall–Kier alpha value is -1.56. The van der Waals surface area contributed by atoms with E-state index in [1.807, 2.05) is 0 Å². The third-order valence-electron chi connectivity index (χ3n) is 2.49. The van der Waals surface area contributed by atoms with Crippen LogP contribution < -0.4 is 0 Å². The second-order valence-corrected chi connectivity index (χ2v) is 4.39. The van der Waals surface area contributed by atoms with Crippen molar-refractivity contribution in [3.63, 3.8) is 0 Å². The van der Waals surface area contributed by atoms with Gasteiger partial charge in [0.25, 0.3) is 0 Å². The zero-order valence-electron chi connectivity index (χ0n) is 9.26. The summed E-state index contributed by atoms with van der Waals surface area (Å²) >= 11 is 0. The molecule has 1 aromatic carbocycles. The summed E-state index contributed by atoms with van der Waals surface area (Å²) in [7, 11) is 0. The number of hydrogen-bond acceptors (Lipinski definition) is 2. The van der Waals surface area contributed by atoms with Crippen LogP contribution >= 0.6 is 0 Å². The molecule has 1 heterocycles. The normalized spacial score (nSPS) is 13.3. The highest BCUT2D eigenvalue weighted by molar-refractivity contribution is 5.82. The van der Waals surface area contributed by atoms with Crippen LogP contribution in [0.2, 0.25) is 0 Å². The van der Waals surface area contributed by atoms with Gasteiger partial charge in [-0.05, 0) is 32.0 Å². The number of rotatable bonds is 1. The van der Waals surface area contributed by atoms with Crippen LogP contribution in [-0.2, 0) is 11.8 Å². The van der Waals surface area contributed by atoms with Crippen LogP contribution in [-0.4, -0.2) is 15.3 Å². The second-order valence-electron chi connectivity index (χ2n) is 4.39. The predicted octanol–water partition coefficient (Wildman–Crippen LogP) is 2.81. The molecule has 3 nitrogen and oxygen atoms in total. The molecule has 92 valence electrons. The number of benzene rings is 1. The summed E-state index contributed by atoms with van der Waals surface area (Å²) in [6.45, 7) is 2.97. The summed E-state index contributed by atoms with van der Waals surface area (Å²) < 4.78 is 37.7. The quantitative estimate of drug-likeness (QED) is 0.810. The first kappa shape index (κ1) is 11.9. The maximum Gasteiger partial charge on any atom is 0.416 e. The van der Waals surface area contributed by atoms with E-state index < -0.39 is 17.3 Å². The molecule has 0 bridgehead atoms. The standard InChI is InChI=1S/C11H11F3N2O/c1-10(2,17)9-7-5-6(11(12,13)14)3-4-8(7)15-16-9/h3-5,17H,1-2H3,(H,15,16). The van der Waals surface area contributed by atoms with Crippen LogP contribution in [0.5, 0.6) is 0 Å². The zero-order valence-corrected chi connectivity index (χ0v) is 9.26. The first-order chi connectivity index (χ1) is 7.69. The fourth-order valence-electron chi connectivity index (χ4n) is 1.65. The van der Waals surface area contributed by atoms with Crippen molar-refractivity contribution in [2.45, 2.75) is 25.6 Å². The number of halogens is 3. The molecule has 0 aliphatic rings. The molecule has 17 heavy (non-hydrogen) atoms. The second kappa shape index (κ2) is 3.46. The molecular weight excluding hydrogens is 233 g/mol. The van der Waals surface area contributed by atoms with Crippen molar-refractivity contribution in [3.05, 3.63) is 29.5 Å². The third-order valence-corrected chi connectivity index (χ3v) is 2.49. The fraction of sp³-hybridized carbons (Fsp3) is 0.364. The minimum atomic E-state index is -4.40. The third kappa shape index (κ3) is 2.12. The van der Waals surface area contributed by atoms with E-state index in [4.69, 9.17) is 0 Å². The molecule has 6 heteroatoms. The molecule has 1 aromatic heterocycles. The Morgan fingerprint density at radius 1 is 1.24 bits per heavy atom. The Balaban J connectivity index is 2.67. The van der Waals surface area contributed by atoms with Gasteiger partial charge in [0.05, 0.1) is 16.8 Å². The van der Waals surface area contributed by atoms with Crippen LogP contribution in [0.15, 0.2) is 18.2 Å². The van der Waals surface area contributed by atoms with Crippen LogP contribution in [0, 0.1) is 0 Å². The summed E-state index contributed by atoms with van der Waals surface area (Å²) in [6, 6.07) is 3.24. The molecule has 0 saturated carbocycles. The van der Waals surface area contributed by atoms with E-state index in [0.717, 1.165) is 12.1 Å². The number of alkyl halides is 3. The van der Waals surface area contributed by atoms with E-state index in [0.29, 0.717) is 5.52 Å². The maximum atomic E-state index is 12.6. The number of aromatic nitrogens is 2. The number of nitrogens with zero attached hydrogens (tertiary/aromatic N) is 1. The Morgan fingerprint density at radius 3 is 2.41 bits per heavy atom. The Kier molecular flexibility index (Phi) is 2.43. The van der Waals surface area contributed by atoms with Crippen LogP contribution in [0.1, 0.15) is 25.1 Å². The Morgan fingerprint density at radius 2 is 1.88 bits per heavy atom. The molecule has 0 saturated heterocycles. The van der Waals surface area contributed by atoms with Gasteiger partial charge in [0.2, 0.25) is 0 Å². The highest BCUT2D eigenvalue weighted by Crippen LogP contribution is 2.33. The van der Waals surface area contributed by atoms with Gasteiger partial charge in [0, 0.05) is 5.39 Å². The van der Waals surface area contributed by atoms with Gasteiger partial charge < -0.3 is 5.11 Å². The van der Waals surface area contributed by atoms with E-state index in [-0.39, 0.29) is 11.1 Å². The number of hydrogen-bond donors (Lipinski definition) is 2. The lowest BCUT2D eigenvalue weighted by molar-refractivity contribution is -0.137. The van der Waals surface area contributed by atoms with Crippen molar-refractivity contribution in [3.8, 4) is 0 Å². The number of nitrogens with one attached hydrogen (secondary N) is 1. The molecule has 0 fully saturated rings. The summed E-state index contributed by atoms with van der Waals surface area (Å²) in [4.78, 5) is 0. The monoisotopic (exact) mass is 244 g/mol. The molecular formula is C11H11F3N2O. The fourth-order valence-corrected chi connectivity index (χ4v) is 1.65. The number of aromatic amines is 1. The highest BCUT2D eigenvalue weighted by Gasteiger charge is 2.32. The van der Waals surface area contributed by atoms with E-state index in [2.05, 4.69) is 10.2 Å². The van der Waals surface area contributed by atoms with Gasteiger partial charge >= 0.3 is 6.18 Å². The molecule has 0 aliphatic heterocycles. The predicted molar refractivity (Wildman–Crippen MR) is 56.3 cm³/mol. The van der Waals surface area contributed by atoms with Crippen LogP contribution in [0.4, 0.5) is 13.2 Å². The summed E-state index contributed by atoms with van der Waals surface area (Å²) in [5.74, 6) is 0. The molecule has 0 radical (unpaired) electrons. The topological polar surface area (TPSA) is 48.9 Å². The molecule has 0 unspecified atom stereocenters. The number of H-pyrrole nitrogens is 1. The summed E-state index contributed by atoms with van der Waals surface area (Å²) in [5.41, 5.74) is -1.34. The number of aliphatic hydroxyl groups is 1.